The van der Waals surface area contributed by atoms with Crippen LogP contribution >= 0.6 is 0 Å². The van der Waals surface area contributed by atoms with E-state index in [4.69, 9.17) is 0 Å². The zero-order valence-electron chi connectivity index (χ0n) is 18.3. The first-order valence-corrected chi connectivity index (χ1v) is 11.0. The average molecular weight is 445 g/mol. The van der Waals surface area contributed by atoms with Crippen LogP contribution in [0, 0.1) is 12.7 Å². The van der Waals surface area contributed by atoms with E-state index >= 15 is 0 Å². The van der Waals surface area contributed by atoms with E-state index < -0.39 is 0 Å². The number of rotatable bonds is 4. The van der Waals surface area contributed by atoms with Crippen molar-refractivity contribution in [2.45, 2.75) is 32.4 Å². The summed E-state index contributed by atoms with van der Waals surface area (Å²) in [6.45, 7) is 3.19. The molecule has 33 heavy (non-hydrogen) atoms. The van der Waals surface area contributed by atoms with E-state index in [1.807, 2.05) is 19.1 Å². The van der Waals surface area contributed by atoms with E-state index in [1.165, 1.54) is 12.1 Å². The molecule has 0 spiro atoms. The number of piperidine rings is 1. The van der Waals surface area contributed by atoms with Gasteiger partial charge in [-0.25, -0.2) is 14.2 Å². The van der Waals surface area contributed by atoms with Gasteiger partial charge in [0.2, 0.25) is 0 Å². The van der Waals surface area contributed by atoms with Gasteiger partial charge >= 0.3 is 5.69 Å². The molecule has 0 bridgehead atoms. The Morgan fingerprint density at radius 2 is 2.06 bits per heavy atom. The lowest BCUT2D eigenvalue weighted by Gasteiger charge is -2.33. The quantitative estimate of drug-likeness (QED) is 0.482. The minimum Gasteiger partial charge on any atom is -0.337 e. The minimum atomic E-state index is -0.338. The van der Waals surface area contributed by atoms with Crippen molar-refractivity contribution in [3.05, 3.63) is 94.0 Å². The van der Waals surface area contributed by atoms with Crippen molar-refractivity contribution in [2.75, 3.05) is 13.1 Å². The predicted molar refractivity (Wildman–Crippen MR) is 123 cm³/mol. The Hall–Kier alpha value is -3.81. The van der Waals surface area contributed by atoms with E-state index in [2.05, 4.69) is 9.97 Å². The van der Waals surface area contributed by atoms with Gasteiger partial charge in [0.1, 0.15) is 5.82 Å². The fourth-order valence-corrected chi connectivity index (χ4v) is 4.62. The van der Waals surface area contributed by atoms with E-state index in [0.29, 0.717) is 35.4 Å². The van der Waals surface area contributed by atoms with Crippen molar-refractivity contribution in [2.24, 2.45) is 0 Å². The Morgan fingerprint density at radius 3 is 2.88 bits per heavy atom. The molecule has 1 atom stereocenters. The highest BCUT2D eigenvalue weighted by Crippen LogP contribution is 2.26. The summed E-state index contributed by atoms with van der Waals surface area (Å²) in [5, 5.41) is 0. The lowest BCUT2D eigenvalue weighted by molar-refractivity contribution is 0.0678. The summed E-state index contributed by atoms with van der Waals surface area (Å²) in [5.41, 5.74) is 3.23. The average Bonchev–Trinajstić information content (AvgIpc) is 3.10. The molecular formula is C25H24FN5O2. The van der Waals surface area contributed by atoms with E-state index in [9.17, 15) is 14.0 Å². The fourth-order valence-electron chi connectivity index (χ4n) is 4.62. The van der Waals surface area contributed by atoms with Crippen LogP contribution in [-0.4, -0.2) is 43.0 Å². The summed E-state index contributed by atoms with van der Waals surface area (Å²) < 4.78 is 17.0. The topological polar surface area (TPSA) is 73.0 Å². The Labute approximate surface area is 190 Å². The van der Waals surface area contributed by atoms with E-state index in [-0.39, 0.29) is 30.0 Å². The number of hydrogen-bond donors (Lipinski definition) is 0. The maximum absolute atomic E-state index is 13.7. The number of hydrogen-bond acceptors (Lipinski definition) is 4. The maximum atomic E-state index is 13.7. The van der Waals surface area contributed by atoms with E-state index in [0.717, 1.165) is 18.4 Å². The molecule has 0 aliphatic carbocycles. The molecular weight excluding hydrogens is 421 g/mol. The van der Waals surface area contributed by atoms with Crippen molar-refractivity contribution in [1.82, 2.24) is 24.0 Å². The van der Waals surface area contributed by atoms with Crippen LogP contribution in [0.4, 0.5) is 4.39 Å². The molecule has 1 amide bonds. The Bertz CT molecular complexity index is 1390. The monoisotopic (exact) mass is 445 g/mol. The molecule has 0 radical (unpaired) electrons. The van der Waals surface area contributed by atoms with Crippen LogP contribution < -0.4 is 5.69 Å². The van der Waals surface area contributed by atoms with Crippen molar-refractivity contribution in [3.63, 3.8) is 0 Å². The second-order valence-electron chi connectivity index (χ2n) is 8.45. The zero-order valence-corrected chi connectivity index (χ0v) is 18.3. The minimum absolute atomic E-state index is 0.0743. The van der Waals surface area contributed by atoms with Gasteiger partial charge in [0, 0.05) is 31.7 Å². The number of pyridine rings is 2. The van der Waals surface area contributed by atoms with Gasteiger partial charge in [-0.1, -0.05) is 12.1 Å². The Balaban J connectivity index is 1.51. The summed E-state index contributed by atoms with van der Waals surface area (Å²) in [6.07, 6.45) is 6.48. The van der Waals surface area contributed by atoms with Crippen LogP contribution in [-0.2, 0) is 6.54 Å². The van der Waals surface area contributed by atoms with Gasteiger partial charge in [-0.15, -0.1) is 0 Å². The van der Waals surface area contributed by atoms with Crippen molar-refractivity contribution in [3.8, 4) is 0 Å². The molecule has 7 nitrogen and oxygen atoms in total. The summed E-state index contributed by atoms with van der Waals surface area (Å²) in [5.74, 6) is -0.413. The highest BCUT2D eigenvalue weighted by atomic mass is 19.1. The molecule has 3 aromatic heterocycles. The SMILES string of the molecule is Cc1ccncc1C(=O)N1CCC[C@H](n2c(=O)n(Cc3cccc(F)c3)c3cccnc32)C1. The van der Waals surface area contributed by atoms with E-state index in [1.54, 1.807) is 50.8 Å². The van der Waals surface area contributed by atoms with Crippen LogP contribution in [0.2, 0.25) is 0 Å². The molecule has 1 fully saturated rings. The van der Waals surface area contributed by atoms with Gasteiger partial charge in [-0.2, -0.15) is 0 Å². The van der Waals surface area contributed by atoms with Gasteiger partial charge in [-0.3, -0.25) is 18.9 Å². The number of amides is 1. The summed E-state index contributed by atoms with van der Waals surface area (Å²) in [7, 11) is 0. The summed E-state index contributed by atoms with van der Waals surface area (Å²) >= 11 is 0. The van der Waals surface area contributed by atoms with Gasteiger partial charge in [0.05, 0.1) is 23.7 Å². The molecule has 4 aromatic rings. The van der Waals surface area contributed by atoms with Gasteiger partial charge in [0.15, 0.2) is 5.65 Å². The van der Waals surface area contributed by atoms with Crippen LogP contribution in [0.25, 0.3) is 11.2 Å². The lowest BCUT2D eigenvalue weighted by atomic mass is 10.0. The van der Waals surface area contributed by atoms with Crippen molar-refractivity contribution in [1.29, 1.82) is 0 Å². The number of aryl methyl sites for hydroxylation is 1. The number of carbonyl (C=O) groups excluding carboxylic acids is 1. The fraction of sp³-hybridized carbons (Fsp3) is 0.280. The predicted octanol–water partition coefficient (Wildman–Crippen LogP) is 3.57. The number of carbonyl (C=O) groups is 1. The number of nitrogens with zero attached hydrogens (tertiary/aromatic N) is 5. The molecule has 168 valence electrons. The number of aromatic nitrogens is 4. The third kappa shape index (κ3) is 3.92. The molecule has 1 aromatic carbocycles. The first-order valence-electron chi connectivity index (χ1n) is 11.0. The molecule has 4 heterocycles. The van der Waals surface area contributed by atoms with Crippen LogP contribution in [0.15, 0.2) is 65.8 Å². The van der Waals surface area contributed by atoms with Gasteiger partial charge < -0.3 is 4.90 Å². The highest BCUT2D eigenvalue weighted by molar-refractivity contribution is 5.95. The van der Waals surface area contributed by atoms with Crippen LogP contribution in [0.5, 0.6) is 0 Å². The molecule has 1 saturated heterocycles. The second kappa shape index (κ2) is 8.61. The first kappa shape index (κ1) is 21.1. The van der Waals surface area contributed by atoms with Crippen molar-refractivity contribution >= 4 is 17.1 Å². The Morgan fingerprint density at radius 1 is 1.18 bits per heavy atom. The van der Waals surface area contributed by atoms with Crippen LogP contribution in [0.1, 0.15) is 40.4 Å². The maximum Gasteiger partial charge on any atom is 0.330 e. The summed E-state index contributed by atoms with van der Waals surface area (Å²) in [6, 6.07) is 11.5. The third-order valence-corrected chi connectivity index (χ3v) is 6.27. The summed E-state index contributed by atoms with van der Waals surface area (Å²) in [4.78, 5) is 37.1. The second-order valence-corrected chi connectivity index (χ2v) is 8.45. The van der Waals surface area contributed by atoms with Crippen molar-refractivity contribution < 1.29 is 9.18 Å². The number of likely N-dealkylation sites (tertiary alicyclic amines) is 1. The largest absolute Gasteiger partial charge is 0.337 e. The number of imidazole rings is 1. The number of fused-ring (bicyclic) bond motifs is 1. The standard InChI is InChI=1S/C25H24FN5O2/c1-17-9-11-27-14-21(17)24(32)29-12-4-7-20(16-29)31-23-22(8-3-10-28-23)30(25(31)33)15-18-5-2-6-19(26)13-18/h2-3,5-6,8-11,13-14,20H,4,7,12,15-16H2,1H3/t20-/m0/s1. The van der Waals surface area contributed by atoms with Gasteiger partial charge in [0.25, 0.3) is 5.91 Å². The molecule has 0 saturated carbocycles. The molecule has 1 aliphatic heterocycles. The molecule has 8 heteroatoms. The number of halogens is 1. The molecule has 0 unspecified atom stereocenters. The zero-order chi connectivity index (χ0) is 22.9. The molecule has 1 aliphatic rings. The van der Waals surface area contributed by atoms with Crippen LogP contribution in [0.3, 0.4) is 0 Å². The number of benzene rings is 1. The van der Waals surface area contributed by atoms with Gasteiger partial charge in [-0.05, 0) is 61.2 Å². The third-order valence-electron chi connectivity index (χ3n) is 6.27. The lowest BCUT2D eigenvalue weighted by Crippen LogP contribution is -2.43. The smallest absolute Gasteiger partial charge is 0.330 e. The molecule has 0 N–H and O–H groups in total. The first-order chi connectivity index (χ1) is 16.0. The highest BCUT2D eigenvalue weighted by Gasteiger charge is 2.29. The molecule has 5 rings (SSSR count). The normalized spacial score (nSPS) is 16.3. The Kier molecular flexibility index (Phi) is 5.50.